The van der Waals surface area contributed by atoms with Crippen LogP contribution in [0, 0.1) is 22.9 Å². The van der Waals surface area contributed by atoms with Gasteiger partial charge in [0.05, 0.1) is 25.3 Å². The van der Waals surface area contributed by atoms with Gasteiger partial charge in [-0.3, -0.25) is 0 Å². The van der Waals surface area contributed by atoms with Crippen LogP contribution in [0.15, 0.2) is 36.4 Å². The average molecular weight is 679 g/mol. The monoisotopic (exact) mass is 678 g/mol. The Labute approximate surface area is 290 Å². The van der Waals surface area contributed by atoms with Crippen molar-refractivity contribution in [1.82, 2.24) is 0 Å². The highest BCUT2D eigenvalue weighted by atomic mass is 28.3. The highest BCUT2D eigenvalue weighted by Crippen LogP contribution is 2.44. The van der Waals surface area contributed by atoms with Crippen LogP contribution < -0.4 is 0 Å². The first-order valence-electron chi connectivity index (χ1n) is 17.5. The van der Waals surface area contributed by atoms with Gasteiger partial charge < -0.3 is 9.47 Å². The minimum absolute atomic E-state index is 0.411. The second-order valence-corrected chi connectivity index (χ2v) is 26.5. The van der Waals surface area contributed by atoms with Crippen molar-refractivity contribution in [2.45, 2.75) is 116 Å². The van der Waals surface area contributed by atoms with Crippen LogP contribution >= 0.6 is 0 Å². The predicted molar refractivity (Wildman–Crippen MR) is 209 cm³/mol. The van der Waals surface area contributed by atoms with E-state index in [1.807, 2.05) is 24.3 Å². The molecule has 0 spiro atoms. The zero-order valence-corrected chi connectivity index (χ0v) is 33.6. The zero-order chi connectivity index (χ0) is 35.9. The molecular weight excluding hydrogens is 625 g/mol. The summed E-state index contributed by atoms with van der Waals surface area (Å²) in [5.74, 6) is 6.46. The van der Waals surface area contributed by atoms with Gasteiger partial charge in [-0.25, -0.2) is 9.59 Å². The van der Waals surface area contributed by atoms with Crippen molar-refractivity contribution >= 4 is 60.4 Å². The molecule has 6 heteroatoms. The van der Waals surface area contributed by atoms with Crippen LogP contribution in [0.2, 0.25) is 33.2 Å². The SMILES string of the molecule is COC(=O)c1cc(C#C[Si](C(C)C)(C(C)C)C(C)C)c2ccc3c(C#C[Si](C(C)C)(C(C)C)C(C)C)cc(C(=O)OC)c4ccc1c2c34. The van der Waals surface area contributed by atoms with E-state index < -0.39 is 28.1 Å². The molecule has 0 aromatic heterocycles. The quantitative estimate of drug-likeness (QED) is 0.0805. The fourth-order valence-electron chi connectivity index (χ4n) is 8.97. The molecule has 0 aliphatic carbocycles. The summed E-state index contributed by atoms with van der Waals surface area (Å²) in [7, 11) is -1.32. The number of hydrogen-bond donors (Lipinski definition) is 0. The fraction of sp³-hybridized carbons (Fsp3) is 0.476. The van der Waals surface area contributed by atoms with E-state index in [2.05, 4.69) is 118 Å². The molecule has 4 aromatic rings. The summed E-state index contributed by atoms with van der Waals surface area (Å²) in [6, 6.07) is 11.9. The number of ether oxygens (including phenoxy) is 2. The molecule has 0 saturated heterocycles. The van der Waals surface area contributed by atoms with Gasteiger partial charge in [-0.1, -0.05) is 119 Å². The van der Waals surface area contributed by atoms with Gasteiger partial charge in [-0.2, -0.15) is 0 Å². The molecule has 0 atom stereocenters. The van der Waals surface area contributed by atoms with Crippen LogP contribution in [-0.2, 0) is 9.47 Å². The Morgan fingerprint density at radius 1 is 0.500 bits per heavy atom. The van der Waals surface area contributed by atoms with E-state index in [9.17, 15) is 9.59 Å². The summed E-state index contributed by atoms with van der Waals surface area (Å²) in [5, 5.41) is 5.26. The Morgan fingerprint density at radius 2 is 0.771 bits per heavy atom. The maximum atomic E-state index is 13.4. The van der Waals surface area contributed by atoms with E-state index in [1.54, 1.807) is 0 Å². The molecule has 0 amide bonds. The van der Waals surface area contributed by atoms with E-state index in [0.29, 0.717) is 44.4 Å². The molecule has 4 aromatic carbocycles. The number of hydrogen-bond acceptors (Lipinski definition) is 4. The maximum Gasteiger partial charge on any atom is 0.338 e. The summed E-state index contributed by atoms with van der Waals surface area (Å²) in [6.45, 7) is 27.6. The van der Waals surface area contributed by atoms with Crippen molar-refractivity contribution in [2.75, 3.05) is 14.2 Å². The average Bonchev–Trinajstić information content (AvgIpc) is 3.02. The van der Waals surface area contributed by atoms with E-state index in [-0.39, 0.29) is 0 Å². The first-order chi connectivity index (χ1) is 22.5. The molecule has 48 heavy (non-hydrogen) atoms. The van der Waals surface area contributed by atoms with Gasteiger partial charge >= 0.3 is 11.9 Å². The molecule has 0 bridgehead atoms. The van der Waals surface area contributed by atoms with Crippen molar-refractivity contribution in [3.63, 3.8) is 0 Å². The highest BCUT2D eigenvalue weighted by molar-refractivity contribution is 6.91. The first kappa shape index (κ1) is 37.2. The van der Waals surface area contributed by atoms with E-state index >= 15 is 0 Å². The second kappa shape index (κ2) is 14.1. The van der Waals surface area contributed by atoms with Gasteiger partial charge in [0.2, 0.25) is 0 Å². The highest BCUT2D eigenvalue weighted by Gasteiger charge is 2.43. The molecule has 0 saturated carbocycles. The topological polar surface area (TPSA) is 52.6 Å². The Bertz CT molecular complexity index is 1790. The number of methoxy groups -OCH3 is 2. The fourth-order valence-corrected chi connectivity index (χ4v) is 19.4. The third kappa shape index (κ3) is 5.97. The summed E-state index contributed by atoms with van der Waals surface area (Å²) >= 11 is 0. The zero-order valence-electron chi connectivity index (χ0n) is 31.6. The molecule has 0 heterocycles. The van der Waals surface area contributed by atoms with Gasteiger partial charge in [0.25, 0.3) is 0 Å². The third-order valence-electron chi connectivity index (χ3n) is 11.3. The standard InChI is InChI=1S/C42H54O4Si2/c1-25(2)47(26(3)4,27(5)6)21-19-31-23-37(41(43)45-13)35-17-18-36-38(42(44)46-14)24-32(34-16-15-33(31)39(35)40(34)36)20-22-48(28(7)8,29(9)10)30(11)12/h15-18,23-30H,1-14H3. The van der Waals surface area contributed by atoms with Crippen molar-refractivity contribution in [3.05, 3.63) is 58.7 Å². The van der Waals surface area contributed by atoms with Crippen molar-refractivity contribution in [3.8, 4) is 22.9 Å². The molecule has 4 nitrogen and oxygen atoms in total. The molecule has 254 valence electrons. The summed E-state index contributed by atoms with van der Waals surface area (Å²) in [4.78, 5) is 26.8. The second-order valence-electron chi connectivity index (χ2n) is 15.3. The number of carbonyl (C=O) groups excluding carboxylic acids is 2. The first-order valence-corrected chi connectivity index (χ1v) is 22.0. The number of rotatable bonds is 8. The molecule has 0 N–H and O–H groups in total. The van der Waals surface area contributed by atoms with Gasteiger partial charge in [0.1, 0.15) is 16.1 Å². The summed E-state index contributed by atoms with van der Waals surface area (Å²) in [5.41, 5.74) is 13.1. The molecule has 4 rings (SSSR count). The van der Waals surface area contributed by atoms with Crippen LogP contribution in [-0.4, -0.2) is 42.3 Å². The molecule has 0 fully saturated rings. The predicted octanol–water partition coefficient (Wildman–Crippen LogP) is 11.3. The lowest BCUT2D eigenvalue weighted by Crippen LogP contribution is -2.43. The minimum Gasteiger partial charge on any atom is -0.465 e. The molecule has 0 unspecified atom stereocenters. The maximum absolute atomic E-state index is 13.4. The Morgan fingerprint density at radius 3 is 1.02 bits per heavy atom. The van der Waals surface area contributed by atoms with Gasteiger partial charge in [0, 0.05) is 11.1 Å². The van der Waals surface area contributed by atoms with Crippen molar-refractivity contribution in [2.24, 2.45) is 0 Å². The lowest BCUT2D eigenvalue weighted by molar-refractivity contribution is 0.0594. The smallest absolute Gasteiger partial charge is 0.338 e. The van der Waals surface area contributed by atoms with Gasteiger partial charge in [0.15, 0.2) is 0 Å². The number of benzene rings is 4. The summed E-state index contributed by atoms with van der Waals surface area (Å²) in [6.07, 6.45) is 0. The van der Waals surface area contributed by atoms with E-state index in [0.717, 1.165) is 43.4 Å². The van der Waals surface area contributed by atoms with Crippen LogP contribution in [0.1, 0.15) is 115 Å². The molecule has 0 aliphatic heterocycles. The molecule has 0 aliphatic rings. The lowest BCUT2D eigenvalue weighted by Gasteiger charge is -2.38. The third-order valence-corrected chi connectivity index (χ3v) is 23.8. The normalized spacial score (nSPS) is 12.5. The number of esters is 2. The van der Waals surface area contributed by atoms with E-state index in [1.165, 1.54) is 14.2 Å². The van der Waals surface area contributed by atoms with Crippen LogP contribution in [0.4, 0.5) is 0 Å². The van der Waals surface area contributed by atoms with Crippen LogP contribution in [0.3, 0.4) is 0 Å². The Kier molecular flexibility index (Phi) is 10.9. The van der Waals surface area contributed by atoms with E-state index in [4.69, 9.17) is 9.47 Å². The number of carbonyl (C=O) groups is 2. The molecular formula is C42H54O4Si2. The van der Waals surface area contributed by atoms with Crippen LogP contribution in [0.5, 0.6) is 0 Å². The molecule has 0 radical (unpaired) electrons. The van der Waals surface area contributed by atoms with Crippen molar-refractivity contribution < 1.29 is 19.1 Å². The Balaban J connectivity index is 2.24. The Hall–Kier alpha value is -3.59. The van der Waals surface area contributed by atoms with Gasteiger partial charge in [-0.15, -0.1) is 11.1 Å². The van der Waals surface area contributed by atoms with Crippen molar-refractivity contribution in [1.29, 1.82) is 0 Å². The lowest BCUT2D eigenvalue weighted by atomic mass is 9.86. The summed E-state index contributed by atoms with van der Waals surface area (Å²) < 4.78 is 10.6. The minimum atomic E-state index is -2.08. The largest absolute Gasteiger partial charge is 0.465 e. The van der Waals surface area contributed by atoms with Crippen LogP contribution in [0.25, 0.3) is 32.3 Å². The van der Waals surface area contributed by atoms with Gasteiger partial charge in [-0.05, 0) is 77.7 Å².